The van der Waals surface area contributed by atoms with Crippen molar-refractivity contribution in [3.63, 3.8) is 0 Å². The summed E-state index contributed by atoms with van der Waals surface area (Å²) in [6.45, 7) is 3.75. The highest BCUT2D eigenvalue weighted by molar-refractivity contribution is 7.99. The third-order valence-electron chi connectivity index (χ3n) is 4.16. The molecular formula is C17H22N4OS. The fourth-order valence-corrected chi connectivity index (χ4v) is 3.68. The zero-order valence-electron chi connectivity index (χ0n) is 13.4. The summed E-state index contributed by atoms with van der Waals surface area (Å²) in [6.07, 6.45) is 3.47. The Labute approximate surface area is 140 Å². The molecule has 2 aromatic rings. The van der Waals surface area contributed by atoms with Gasteiger partial charge in [-0.1, -0.05) is 12.1 Å². The Bertz CT molecular complexity index is 700. The second kappa shape index (κ2) is 7.17. The average Bonchev–Trinajstić information content (AvgIpc) is 2.60. The number of carbonyl (C=O) groups excluding carboxylic acids is 1. The number of likely N-dealkylation sites (tertiary alicyclic amines) is 1. The fraction of sp³-hybridized carbons (Fsp3) is 0.471. The molecule has 6 heteroatoms. The molecule has 1 aromatic heterocycles. The number of hydrogen-bond donors (Lipinski definition) is 1. The zero-order valence-corrected chi connectivity index (χ0v) is 14.2. The summed E-state index contributed by atoms with van der Waals surface area (Å²) in [5.41, 5.74) is 6.86. The minimum absolute atomic E-state index is 0.0793. The van der Waals surface area contributed by atoms with E-state index in [2.05, 4.69) is 9.97 Å². The molecule has 23 heavy (non-hydrogen) atoms. The summed E-state index contributed by atoms with van der Waals surface area (Å²) >= 11 is 1.58. The smallest absolute Gasteiger partial charge is 0.235 e. The maximum Gasteiger partial charge on any atom is 0.235 e. The quantitative estimate of drug-likeness (QED) is 0.933. The van der Waals surface area contributed by atoms with Crippen LogP contribution >= 0.6 is 11.8 Å². The Morgan fingerprint density at radius 2 is 2.00 bits per heavy atom. The molecule has 0 aliphatic carbocycles. The number of nitrogens with two attached hydrogens (primary N) is 1. The molecule has 0 unspecified atom stereocenters. The summed E-state index contributed by atoms with van der Waals surface area (Å²) in [4.78, 5) is 23.3. The van der Waals surface area contributed by atoms with Gasteiger partial charge in [0.05, 0.1) is 16.5 Å². The molecule has 5 nitrogen and oxygen atoms in total. The SMILES string of the molecule is C[C@@H](SCc1nc(N)c2ccccc2n1)C(=O)N1CCCCC1. The van der Waals surface area contributed by atoms with Crippen LogP contribution in [0.4, 0.5) is 5.82 Å². The number of fused-ring (bicyclic) bond motifs is 1. The zero-order chi connectivity index (χ0) is 16.2. The Balaban J connectivity index is 1.64. The number of benzene rings is 1. The van der Waals surface area contributed by atoms with Crippen molar-refractivity contribution in [1.29, 1.82) is 0 Å². The summed E-state index contributed by atoms with van der Waals surface area (Å²) in [5, 5.41) is 0.795. The number of aromatic nitrogens is 2. The van der Waals surface area contributed by atoms with E-state index in [1.165, 1.54) is 6.42 Å². The van der Waals surface area contributed by atoms with Gasteiger partial charge in [0.25, 0.3) is 0 Å². The number of nitrogen functional groups attached to an aromatic ring is 1. The van der Waals surface area contributed by atoms with E-state index >= 15 is 0 Å². The van der Waals surface area contributed by atoms with Crippen LogP contribution in [0.3, 0.4) is 0 Å². The second-order valence-corrected chi connectivity index (χ2v) is 7.21. The van der Waals surface area contributed by atoms with Crippen molar-refractivity contribution in [1.82, 2.24) is 14.9 Å². The average molecular weight is 330 g/mol. The van der Waals surface area contributed by atoms with E-state index in [1.807, 2.05) is 36.1 Å². The number of anilines is 1. The van der Waals surface area contributed by atoms with Gasteiger partial charge in [0.15, 0.2) is 0 Å². The van der Waals surface area contributed by atoms with Gasteiger partial charge in [-0.25, -0.2) is 9.97 Å². The lowest BCUT2D eigenvalue weighted by Crippen LogP contribution is -2.40. The number of thioether (sulfide) groups is 1. The van der Waals surface area contributed by atoms with E-state index in [1.54, 1.807) is 11.8 Å². The maximum absolute atomic E-state index is 12.4. The molecule has 0 radical (unpaired) electrons. The van der Waals surface area contributed by atoms with Crippen LogP contribution in [0, 0.1) is 0 Å². The first-order valence-corrected chi connectivity index (χ1v) is 9.11. The van der Waals surface area contributed by atoms with Crippen molar-refractivity contribution in [3.8, 4) is 0 Å². The first kappa shape index (κ1) is 16.1. The van der Waals surface area contributed by atoms with Crippen LogP contribution in [-0.2, 0) is 10.5 Å². The summed E-state index contributed by atoms with van der Waals surface area (Å²) < 4.78 is 0. The van der Waals surface area contributed by atoms with Crippen molar-refractivity contribution < 1.29 is 4.79 Å². The number of hydrogen-bond acceptors (Lipinski definition) is 5. The van der Waals surface area contributed by atoms with Crippen molar-refractivity contribution in [3.05, 3.63) is 30.1 Å². The third kappa shape index (κ3) is 3.75. The Morgan fingerprint density at radius 3 is 2.78 bits per heavy atom. The predicted octanol–water partition coefficient (Wildman–Crippen LogP) is 2.85. The third-order valence-corrected chi connectivity index (χ3v) is 5.28. The van der Waals surface area contributed by atoms with Crippen molar-refractivity contribution in [2.75, 3.05) is 18.8 Å². The minimum atomic E-state index is -0.0793. The number of amides is 1. The van der Waals surface area contributed by atoms with Gasteiger partial charge in [-0.05, 0) is 38.3 Å². The first-order valence-electron chi connectivity index (χ1n) is 8.06. The molecule has 0 spiro atoms. The normalized spacial score (nSPS) is 16.5. The standard InChI is InChI=1S/C17H22N4OS/c1-12(17(22)21-9-5-2-6-10-21)23-11-15-19-14-8-4-3-7-13(14)16(18)20-15/h3-4,7-8,12H,2,5-6,9-11H2,1H3,(H2,18,19,20)/t12-/m1/s1. The van der Waals surface area contributed by atoms with Gasteiger partial charge in [-0.2, -0.15) is 0 Å². The minimum Gasteiger partial charge on any atom is -0.383 e. The van der Waals surface area contributed by atoms with E-state index < -0.39 is 0 Å². The second-order valence-electron chi connectivity index (χ2n) is 5.88. The number of nitrogens with zero attached hydrogens (tertiary/aromatic N) is 3. The van der Waals surface area contributed by atoms with E-state index in [0.717, 1.165) is 36.8 Å². The molecule has 1 aliphatic rings. The Kier molecular flexibility index (Phi) is 5.00. The summed E-state index contributed by atoms with van der Waals surface area (Å²) in [5.74, 6) is 2.00. The lowest BCUT2D eigenvalue weighted by molar-refractivity contribution is -0.131. The van der Waals surface area contributed by atoms with Crippen LogP contribution in [-0.4, -0.2) is 39.1 Å². The number of para-hydroxylation sites is 1. The molecule has 0 bridgehead atoms. The monoisotopic (exact) mass is 330 g/mol. The van der Waals surface area contributed by atoms with Gasteiger partial charge < -0.3 is 10.6 Å². The molecule has 1 fully saturated rings. The Morgan fingerprint density at radius 1 is 1.26 bits per heavy atom. The van der Waals surface area contributed by atoms with Gasteiger partial charge in [0, 0.05) is 18.5 Å². The molecule has 1 saturated heterocycles. The van der Waals surface area contributed by atoms with Crippen LogP contribution in [0.2, 0.25) is 0 Å². The molecule has 3 rings (SSSR count). The van der Waals surface area contributed by atoms with E-state index in [-0.39, 0.29) is 11.2 Å². The van der Waals surface area contributed by atoms with Crippen molar-refractivity contribution in [2.45, 2.75) is 37.2 Å². The number of piperidine rings is 1. The molecule has 1 atom stereocenters. The first-order chi connectivity index (χ1) is 11.1. The molecule has 0 saturated carbocycles. The van der Waals surface area contributed by atoms with E-state index in [9.17, 15) is 4.79 Å². The van der Waals surface area contributed by atoms with Crippen LogP contribution in [0.5, 0.6) is 0 Å². The highest BCUT2D eigenvalue weighted by Crippen LogP contribution is 2.23. The molecule has 1 aliphatic heterocycles. The lowest BCUT2D eigenvalue weighted by Gasteiger charge is -2.29. The molecular weight excluding hydrogens is 308 g/mol. The highest BCUT2D eigenvalue weighted by Gasteiger charge is 2.22. The molecule has 122 valence electrons. The van der Waals surface area contributed by atoms with Crippen LogP contribution in [0.25, 0.3) is 10.9 Å². The van der Waals surface area contributed by atoms with Gasteiger partial charge in [-0.3, -0.25) is 4.79 Å². The summed E-state index contributed by atoms with van der Waals surface area (Å²) in [6, 6.07) is 7.72. The van der Waals surface area contributed by atoms with Crippen molar-refractivity contribution in [2.24, 2.45) is 0 Å². The van der Waals surface area contributed by atoms with Crippen LogP contribution < -0.4 is 5.73 Å². The van der Waals surface area contributed by atoms with Crippen molar-refractivity contribution >= 4 is 34.4 Å². The molecule has 2 heterocycles. The topological polar surface area (TPSA) is 72.1 Å². The largest absolute Gasteiger partial charge is 0.383 e. The lowest BCUT2D eigenvalue weighted by atomic mass is 10.1. The fourth-order valence-electron chi connectivity index (χ4n) is 2.86. The van der Waals surface area contributed by atoms with Crippen LogP contribution in [0.15, 0.2) is 24.3 Å². The Hall–Kier alpha value is -1.82. The predicted molar refractivity (Wildman–Crippen MR) is 95.1 cm³/mol. The molecule has 2 N–H and O–H groups in total. The summed E-state index contributed by atoms with van der Waals surface area (Å²) in [7, 11) is 0. The number of rotatable bonds is 4. The van der Waals surface area contributed by atoms with E-state index in [4.69, 9.17) is 5.73 Å². The molecule has 1 amide bonds. The highest BCUT2D eigenvalue weighted by atomic mass is 32.2. The van der Waals surface area contributed by atoms with Gasteiger partial charge in [-0.15, -0.1) is 11.8 Å². The van der Waals surface area contributed by atoms with Gasteiger partial charge >= 0.3 is 0 Å². The van der Waals surface area contributed by atoms with Crippen LogP contribution in [0.1, 0.15) is 32.0 Å². The van der Waals surface area contributed by atoms with E-state index in [0.29, 0.717) is 17.4 Å². The number of carbonyl (C=O) groups is 1. The van der Waals surface area contributed by atoms with Gasteiger partial charge in [0.2, 0.25) is 5.91 Å². The van der Waals surface area contributed by atoms with Gasteiger partial charge in [0.1, 0.15) is 11.6 Å². The maximum atomic E-state index is 12.4. The molecule has 1 aromatic carbocycles.